The fourth-order valence-electron chi connectivity index (χ4n) is 10.7. The van der Waals surface area contributed by atoms with Gasteiger partial charge in [0, 0.05) is 11.1 Å². The van der Waals surface area contributed by atoms with Crippen molar-refractivity contribution in [2.75, 3.05) is 0 Å². The summed E-state index contributed by atoms with van der Waals surface area (Å²) in [5.74, 6) is 2.45. The first kappa shape index (κ1) is 50.4. The largest absolute Gasteiger partial charge is 0.290 e. The molecular formula is C66H76OS. The summed E-state index contributed by atoms with van der Waals surface area (Å²) in [6.45, 7) is 36.7. The van der Waals surface area contributed by atoms with Gasteiger partial charge in [0.25, 0.3) is 0 Å². The van der Waals surface area contributed by atoms with Crippen LogP contribution in [0, 0.1) is 0 Å². The van der Waals surface area contributed by atoms with Crippen molar-refractivity contribution in [1.82, 2.24) is 0 Å². The van der Waals surface area contributed by atoms with E-state index in [9.17, 15) is 4.79 Å². The van der Waals surface area contributed by atoms with E-state index in [-0.39, 0.29) is 5.78 Å². The van der Waals surface area contributed by atoms with E-state index in [1.54, 1.807) is 12.2 Å². The van der Waals surface area contributed by atoms with Gasteiger partial charge < -0.3 is 0 Å². The fraction of sp³-hybridized carbons (Fsp3) is 0.364. The number of rotatable bonds is 14. The van der Waals surface area contributed by atoms with Gasteiger partial charge in [0.05, 0.1) is 4.86 Å². The van der Waals surface area contributed by atoms with Crippen molar-refractivity contribution in [2.24, 2.45) is 0 Å². The van der Waals surface area contributed by atoms with Crippen LogP contribution < -0.4 is 0 Å². The molecule has 0 atom stereocenters. The highest BCUT2D eigenvalue weighted by Crippen LogP contribution is 2.46. The van der Waals surface area contributed by atoms with Gasteiger partial charge in [-0.1, -0.05) is 196 Å². The molecule has 0 bridgehead atoms. The highest BCUT2D eigenvalue weighted by Gasteiger charge is 2.28. The Labute approximate surface area is 416 Å². The molecule has 0 amide bonds. The molecule has 0 aliphatic heterocycles. The van der Waals surface area contributed by atoms with Crippen LogP contribution in [0.3, 0.4) is 0 Å². The van der Waals surface area contributed by atoms with Gasteiger partial charge in [-0.25, -0.2) is 0 Å². The van der Waals surface area contributed by atoms with Crippen LogP contribution in [0.5, 0.6) is 0 Å². The smallest absolute Gasteiger partial charge is 0.179 e. The number of hydrogen-bond donors (Lipinski definition) is 0. The number of hydrogen-bond acceptors (Lipinski definition) is 2. The standard InChI is InChI=1S/C66H76OS/c1-37(2)52-21-17-22-53(38(3)4)62(52)47-29-45(30-48(33-47)63-54(39(5)6)23-18-24-55(63)40(7)8)60-35-51(67)36-61(66(60)68)46-31-49(64-56(41(9)10)25-19-26-57(64)42(11)12)34-50(32-46)65-58(43(13)14)27-20-28-59(65)44(15)16/h17-44H,1-16H3. The van der Waals surface area contributed by atoms with Crippen molar-refractivity contribution in [3.05, 3.63) is 177 Å². The van der Waals surface area contributed by atoms with Crippen LogP contribution in [-0.4, -0.2) is 10.6 Å². The van der Waals surface area contributed by atoms with Crippen LogP contribution in [0.4, 0.5) is 0 Å². The third-order valence-corrected chi connectivity index (χ3v) is 14.6. The van der Waals surface area contributed by atoms with E-state index >= 15 is 0 Å². The Morgan fingerprint density at radius 2 is 0.471 bits per heavy atom. The minimum atomic E-state index is -0.0469. The fourth-order valence-corrected chi connectivity index (χ4v) is 11.1. The second-order valence-electron chi connectivity index (χ2n) is 21.9. The second-order valence-corrected chi connectivity index (χ2v) is 22.3. The number of thiocarbonyl (C=S) groups is 1. The van der Waals surface area contributed by atoms with E-state index in [0.717, 1.165) is 44.5 Å². The molecule has 0 radical (unpaired) electrons. The zero-order chi connectivity index (χ0) is 49.5. The lowest BCUT2D eigenvalue weighted by atomic mass is 9.78. The number of carbonyl (C=O) groups excluding carboxylic acids is 1. The van der Waals surface area contributed by atoms with Gasteiger partial charge in [0.1, 0.15) is 0 Å². The lowest BCUT2D eigenvalue weighted by Gasteiger charge is -2.26. The van der Waals surface area contributed by atoms with Crippen LogP contribution >= 0.6 is 12.2 Å². The Balaban J connectivity index is 1.54. The maximum Gasteiger partial charge on any atom is 0.179 e. The summed E-state index contributed by atoms with van der Waals surface area (Å²) >= 11 is 6.76. The molecule has 1 nitrogen and oxygen atoms in total. The van der Waals surface area contributed by atoms with Gasteiger partial charge >= 0.3 is 0 Å². The van der Waals surface area contributed by atoms with Gasteiger partial charge in [0.2, 0.25) is 0 Å². The summed E-state index contributed by atoms with van der Waals surface area (Å²) in [5, 5.41) is 0. The molecule has 352 valence electrons. The highest BCUT2D eigenvalue weighted by molar-refractivity contribution is 7.82. The minimum absolute atomic E-state index is 0.0469. The molecular weight excluding hydrogens is 841 g/mol. The molecule has 0 saturated carbocycles. The minimum Gasteiger partial charge on any atom is -0.290 e. The molecule has 6 aromatic carbocycles. The van der Waals surface area contributed by atoms with E-state index in [4.69, 9.17) is 12.2 Å². The molecule has 1 aliphatic rings. The predicted octanol–water partition coefficient (Wildman–Crippen LogP) is 19.8. The van der Waals surface area contributed by atoms with Crippen LogP contribution in [0.25, 0.3) is 55.7 Å². The predicted molar refractivity (Wildman–Crippen MR) is 301 cm³/mol. The summed E-state index contributed by atoms with van der Waals surface area (Å²) in [6.07, 6.45) is 3.59. The maximum absolute atomic E-state index is 14.5. The summed E-state index contributed by atoms with van der Waals surface area (Å²) in [4.78, 5) is 15.2. The summed E-state index contributed by atoms with van der Waals surface area (Å²) < 4.78 is 0. The van der Waals surface area contributed by atoms with Gasteiger partial charge in [-0.2, -0.15) is 0 Å². The van der Waals surface area contributed by atoms with Crippen molar-refractivity contribution in [3.63, 3.8) is 0 Å². The zero-order valence-corrected chi connectivity index (χ0v) is 44.8. The van der Waals surface area contributed by atoms with E-state index in [1.807, 2.05) is 0 Å². The van der Waals surface area contributed by atoms with Gasteiger partial charge in [0.15, 0.2) is 5.78 Å². The van der Waals surface area contributed by atoms with Crippen molar-refractivity contribution in [3.8, 4) is 44.5 Å². The number of carbonyl (C=O) groups is 1. The third kappa shape index (κ3) is 10.0. The lowest BCUT2D eigenvalue weighted by Crippen LogP contribution is -2.12. The van der Waals surface area contributed by atoms with Crippen LogP contribution in [0.1, 0.15) is 214 Å². The third-order valence-electron chi connectivity index (χ3n) is 14.2. The zero-order valence-electron chi connectivity index (χ0n) is 44.0. The quantitative estimate of drug-likeness (QED) is 0.101. The van der Waals surface area contributed by atoms with E-state index < -0.39 is 0 Å². The highest BCUT2D eigenvalue weighted by atomic mass is 32.1. The van der Waals surface area contributed by atoms with Gasteiger partial charge in [-0.3, -0.25) is 4.79 Å². The molecule has 0 unspecified atom stereocenters. The molecule has 68 heavy (non-hydrogen) atoms. The molecule has 0 aromatic heterocycles. The lowest BCUT2D eigenvalue weighted by molar-refractivity contribution is -0.110. The van der Waals surface area contributed by atoms with E-state index in [2.05, 4.69) is 220 Å². The SMILES string of the molecule is CC(C)c1cccc(C(C)C)c1-c1cc(C2=CC(=O)C=C(c3cc(-c4c(C(C)C)cccc4C(C)C)cc(-c4c(C(C)C)cccc4C(C)C)c3)C2=S)cc(-c2c(C(C)C)cccc2C(C)C)c1. The number of benzene rings is 6. The van der Waals surface area contributed by atoms with Crippen molar-refractivity contribution >= 4 is 34.0 Å². The van der Waals surface area contributed by atoms with E-state index in [0.29, 0.717) is 52.2 Å². The topological polar surface area (TPSA) is 17.1 Å². The Kier molecular flexibility index (Phi) is 15.3. The Hall–Kier alpha value is -5.44. The Morgan fingerprint density at radius 3 is 0.647 bits per heavy atom. The van der Waals surface area contributed by atoms with Crippen LogP contribution in [0.15, 0.2) is 121 Å². The first-order valence-electron chi connectivity index (χ1n) is 25.6. The molecule has 0 heterocycles. The van der Waals surface area contributed by atoms with Gasteiger partial charge in [-0.05, 0) is 196 Å². The van der Waals surface area contributed by atoms with Crippen molar-refractivity contribution in [2.45, 2.75) is 158 Å². The first-order chi connectivity index (χ1) is 32.2. The van der Waals surface area contributed by atoms with Gasteiger partial charge in [-0.15, -0.1) is 0 Å². The summed E-state index contributed by atoms with van der Waals surface area (Å²) in [5.41, 5.74) is 23.9. The van der Waals surface area contributed by atoms with Crippen molar-refractivity contribution in [1.29, 1.82) is 0 Å². The summed E-state index contributed by atoms with van der Waals surface area (Å²) in [6, 6.07) is 41.3. The number of ketones is 1. The molecule has 2 heteroatoms. The van der Waals surface area contributed by atoms with Crippen LogP contribution in [-0.2, 0) is 4.79 Å². The average Bonchev–Trinajstić information content (AvgIpc) is 3.30. The normalized spacial score (nSPS) is 13.4. The maximum atomic E-state index is 14.5. The summed E-state index contributed by atoms with van der Waals surface area (Å²) in [7, 11) is 0. The monoisotopic (exact) mass is 917 g/mol. The molecule has 6 aromatic rings. The van der Waals surface area contributed by atoms with Crippen LogP contribution in [0.2, 0.25) is 0 Å². The average molecular weight is 917 g/mol. The molecule has 7 rings (SSSR count). The second kappa shape index (κ2) is 20.7. The Morgan fingerprint density at radius 1 is 0.294 bits per heavy atom. The molecule has 1 aliphatic carbocycles. The first-order valence-corrected chi connectivity index (χ1v) is 26.0. The molecule has 0 N–H and O–H groups in total. The number of allylic oxidation sites excluding steroid dienone is 4. The Bertz CT molecular complexity index is 2470. The van der Waals surface area contributed by atoms with Crippen molar-refractivity contribution < 1.29 is 4.79 Å². The molecule has 0 spiro atoms. The molecule has 0 saturated heterocycles. The van der Waals surface area contributed by atoms with E-state index in [1.165, 1.54) is 66.8 Å². The molecule has 0 fully saturated rings.